The molecule has 0 saturated heterocycles. The van der Waals surface area contributed by atoms with Crippen LogP contribution in [-0.4, -0.2) is 21.9 Å². The van der Waals surface area contributed by atoms with Gasteiger partial charge < -0.3 is 0 Å². The third-order valence-electron chi connectivity index (χ3n) is 4.90. The number of imidazole rings is 1. The maximum absolute atomic E-state index is 13.2. The van der Waals surface area contributed by atoms with Crippen molar-refractivity contribution < 1.29 is 19.0 Å². The van der Waals surface area contributed by atoms with Crippen molar-refractivity contribution in [1.82, 2.24) is 4.57 Å². The number of benzene rings is 2. The van der Waals surface area contributed by atoms with E-state index in [-0.39, 0.29) is 29.8 Å². The Morgan fingerprint density at radius 3 is 2.18 bits per heavy atom. The molecule has 0 radical (unpaired) electrons. The van der Waals surface area contributed by atoms with Crippen molar-refractivity contribution in [1.29, 1.82) is 0 Å². The van der Waals surface area contributed by atoms with Crippen LogP contribution in [0.5, 0.6) is 0 Å². The fourth-order valence-electron chi connectivity index (χ4n) is 3.69. The molecule has 5 nitrogen and oxygen atoms in total. The van der Waals surface area contributed by atoms with Gasteiger partial charge in [-0.3, -0.25) is 14.4 Å². The van der Waals surface area contributed by atoms with Gasteiger partial charge in [0.15, 0.2) is 6.54 Å². The van der Waals surface area contributed by atoms with E-state index in [0.29, 0.717) is 34.6 Å². The number of carbonyl (C=O) groups excluding carboxylic acids is 3. The lowest BCUT2D eigenvalue weighted by Crippen LogP contribution is -2.43. The summed E-state index contributed by atoms with van der Waals surface area (Å²) >= 11 is 0. The van der Waals surface area contributed by atoms with Gasteiger partial charge in [0.25, 0.3) is 0 Å². The number of rotatable bonds is 5. The van der Waals surface area contributed by atoms with E-state index in [1.165, 1.54) is 0 Å². The second kappa shape index (κ2) is 7.00. The van der Waals surface area contributed by atoms with E-state index in [4.69, 9.17) is 0 Å². The highest BCUT2D eigenvalue weighted by Crippen LogP contribution is 2.26. The number of fused-ring (bicyclic) bond motifs is 2. The van der Waals surface area contributed by atoms with Crippen LogP contribution < -0.4 is 4.57 Å². The Morgan fingerprint density at radius 1 is 0.929 bits per heavy atom. The summed E-state index contributed by atoms with van der Waals surface area (Å²) in [7, 11) is 0. The number of carbonyl (C=O) groups is 3. The summed E-state index contributed by atoms with van der Waals surface area (Å²) in [5.41, 5.74) is 2.06. The van der Waals surface area contributed by atoms with E-state index < -0.39 is 0 Å². The highest BCUT2D eigenvalue weighted by Gasteiger charge is 2.41. The molecule has 0 saturated carbocycles. The molecule has 3 aromatic rings. The Morgan fingerprint density at radius 2 is 1.54 bits per heavy atom. The highest BCUT2D eigenvalue weighted by molar-refractivity contribution is 6.26. The number of nitrogens with zero attached hydrogens (tertiary/aromatic N) is 2. The van der Waals surface area contributed by atoms with Crippen molar-refractivity contribution >= 4 is 17.3 Å². The Balaban J connectivity index is 1.83. The van der Waals surface area contributed by atoms with Gasteiger partial charge in [-0.15, -0.1) is 0 Å². The number of hydrogen-bond acceptors (Lipinski definition) is 3. The van der Waals surface area contributed by atoms with Crippen LogP contribution in [0.1, 0.15) is 56.3 Å². The number of ketones is 3. The molecule has 0 amide bonds. The van der Waals surface area contributed by atoms with Crippen molar-refractivity contribution in [3.8, 4) is 0 Å². The van der Waals surface area contributed by atoms with E-state index >= 15 is 0 Å². The molecule has 0 N–H and O–H groups in total. The molecule has 1 aliphatic rings. The number of hydrogen-bond donors (Lipinski definition) is 0. The first-order valence-corrected chi connectivity index (χ1v) is 9.36. The summed E-state index contributed by atoms with van der Waals surface area (Å²) in [6.45, 7) is 4.71. The van der Waals surface area contributed by atoms with Crippen molar-refractivity contribution in [3.63, 3.8) is 0 Å². The van der Waals surface area contributed by atoms with E-state index in [9.17, 15) is 14.4 Å². The van der Waals surface area contributed by atoms with Gasteiger partial charge in [0.1, 0.15) is 0 Å². The van der Waals surface area contributed by atoms with Crippen LogP contribution in [-0.2, 0) is 13.1 Å². The first-order valence-electron chi connectivity index (χ1n) is 9.36. The molecule has 0 spiro atoms. The third kappa shape index (κ3) is 2.99. The molecular formula is C23H21N2O3+. The van der Waals surface area contributed by atoms with Gasteiger partial charge in [-0.05, 0) is 5.92 Å². The van der Waals surface area contributed by atoms with E-state index in [1.807, 2.05) is 22.8 Å². The lowest BCUT2D eigenvalue weighted by atomic mass is 9.89. The van der Waals surface area contributed by atoms with Crippen LogP contribution in [0.4, 0.5) is 0 Å². The van der Waals surface area contributed by atoms with Gasteiger partial charge in [-0.1, -0.05) is 68.4 Å². The largest absolute Gasteiger partial charge is 0.290 e. The Labute approximate surface area is 163 Å². The summed E-state index contributed by atoms with van der Waals surface area (Å²) in [6, 6.07) is 15.8. The summed E-state index contributed by atoms with van der Waals surface area (Å²) in [5.74, 6) is -0.200. The second-order valence-corrected chi connectivity index (χ2v) is 7.48. The van der Waals surface area contributed by atoms with E-state index in [2.05, 4.69) is 13.8 Å². The van der Waals surface area contributed by atoms with Crippen molar-refractivity contribution in [2.45, 2.75) is 26.9 Å². The molecule has 4 rings (SSSR count). The average Bonchev–Trinajstić information content (AvgIpc) is 3.04. The van der Waals surface area contributed by atoms with Crippen LogP contribution in [0.15, 0.2) is 60.9 Å². The zero-order chi connectivity index (χ0) is 19.8. The Kier molecular flexibility index (Phi) is 4.51. The average molecular weight is 373 g/mol. The lowest BCUT2D eigenvalue weighted by Gasteiger charge is -2.13. The zero-order valence-electron chi connectivity index (χ0n) is 15.9. The normalized spacial score (nSPS) is 12.8. The van der Waals surface area contributed by atoms with Crippen LogP contribution in [0.25, 0.3) is 0 Å². The predicted molar refractivity (Wildman–Crippen MR) is 104 cm³/mol. The molecule has 28 heavy (non-hydrogen) atoms. The van der Waals surface area contributed by atoms with Crippen LogP contribution in [0, 0.1) is 5.92 Å². The predicted octanol–water partition coefficient (Wildman–Crippen LogP) is 3.09. The molecule has 1 heterocycles. The molecule has 5 heteroatoms. The summed E-state index contributed by atoms with van der Waals surface area (Å²) in [4.78, 5) is 39.1. The summed E-state index contributed by atoms with van der Waals surface area (Å²) in [6.07, 6.45) is 1.73. The molecule has 140 valence electrons. The smallest absolute Gasteiger partial charge is 0.245 e. The summed E-state index contributed by atoms with van der Waals surface area (Å²) in [5, 5.41) is 0. The molecule has 0 aliphatic heterocycles. The van der Waals surface area contributed by atoms with Gasteiger partial charge in [0.05, 0.1) is 6.54 Å². The lowest BCUT2D eigenvalue weighted by molar-refractivity contribution is -0.684. The highest BCUT2D eigenvalue weighted by atomic mass is 16.1. The summed E-state index contributed by atoms with van der Waals surface area (Å²) < 4.78 is 3.44. The SMILES string of the molecule is CC(C)Cn1c[n+](CC(=O)c2ccccc2)c2c1C(=O)c1ccccc1C2=O. The Hall–Kier alpha value is -3.34. The topological polar surface area (TPSA) is 60.0 Å². The minimum atomic E-state index is -0.214. The van der Waals surface area contributed by atoms with Crippen molar-refractivity contribution in [3.05, 3.63) is 89.0 Å². The number of aromatic nitrogens is 2. The monoisotopic (exact) mass is 373 g/mol. The van der Waals surface area contributed by atoms with Crippen LogP contribution in [0.2, 0.25) is 0 Å². The molecule has 0 fully saturated rings. The van der Waals surface area contributed by atoms with Crippen molar-refractivity contribution in [2.24, 2.45) is 5.92 Å². The second-order valence-electron chi connectivity index (χ2n) is 7.48. The van der Waals surface area contributed by atoms with Crippen molar-refractivity contribution in [2.75, 3.05) is 0 Å². The fourth-order valence-corrected chi connectivity index (χ4v) is 3.69. The molecule has 1 aromatic heterocycles. The molecular weight excluding hydrogens is 352 g/mol. The maximum Gasteiger partial charge on any atom is 0.245 e. The van der Waals surface area contributed by atoms with Gasteiger partial charge >= 0.3 is 0 Å². The van der Waals surface area contributed by atoms with E-state index in [0.717, 1.165) is 0 Å². The van der Waals surface area contributed by atoms with E-state index in [1.54, 1.807) is 47.3 Å². The number of Topliss-reactive ketones (excluding diaryl/α,β-unsaturated/α-hetero) is 1. The van der Waals surface area contributed by atoms with Crippen LogP contribution >= 0.6 is 0 Å². The first-order chi connectivity index (χ1) is 13.5. The third-order valence-corrected chi connectivity index (χ3v) is 4.90. The van der Waals surface area contributed by atoms with Gasteiger partial charge in [0.2, 0.25) is 35.1 Å². The first kappa shape index (κ1) is 18.0. The minimum absolute atomic E-state index is 0.0125. The van der Waals surface area contributed by atoms with Crippen LogP contribution in [0.3, 0.4) is 0 Å². The standard InChI is InChI=1S/C23H21N2O3/c1-15(2)12-24-14-25(13-19(26)16-8-4-3-5-9-16)21-20(24)22(27)17-10-6-7-11-18(17)23(21)28/h3-11,14-15H,12-13H2,1-2H3/q+1. The van der Waals surface area contributed by atoms with Gasteiger partial charge in [0, 0.05) is 16.7 Å². The van der Waals surface area contributed by atoms with Gasteiger partial charge in [-0.25, -0.2) is 9.13 Å². The fraction of sp³-hybridized carbons (Fsp3) is 0.217. The molecule has 2 aromatic carbocycles. The molecule has 0 atom stereocenters. The molecule has 1 aliphatic carbocycles. The minimum Gasteiger partial charge on any atom is -0.290 e. The van der Waals surface area contributed by atoms with Gasteiger partial charge in [-0.2, -0.15) is 0 Å². The quantitative estimate of drug-likeness (QED) is 0.399. The zero-order valence-corrected chi connectivity index (χ0v) is 15.9. The Bertz CT molecular complexity index is 1090. The maximum atomic E-state index is 13.2. The molecule has 0 unspecified atom stereocenters. The molecule has 0 bridgehead atoms.